The largest absolute Gasteiger partial charge is 0.493 e. The van der Waals surface area contributed by atoms with Crippen LogP contribution >= 0.6 is 0 Å². The van der Waals surface area contributed by atoms with Gasteiger partial charge >= 0.3 is 0 Å². The third-order valence-corrected chi connectivity index (χ3v) is 4.12. The van der Waals surface area contributed by atoms with Crippen LogP contribution in [0.2, 0.25) is 0 Å². The van der Waals surface area contributed by atoms with E-state index >= 15 is 0 Å². The number of aliphatic imine (C=N–C) groups is 1. The van der Waals surface area contributed by atoms with E-state index in [0.717, 1.165) is 29.8 Å². The molecule has 1 heterocycles. The quantitative estimate of drug-likeness (QED) is 0.868. The monoisotopic (exact) mass is 311 g/mol. The minimum absolute atomic E-state index is 0.607. The Labute approximate surface area is 136 Å². The van der Waals surface area contributed by atoms with E-state index < -0.39 is 0 Å². The summed E-state index contributed by atoms with van der Waals surface area (Å²) in [5.41, 5.74) is 5.43. The van der Waals surface area contributed by atoms with Crippen LogP contribution in [0.5, 0.6) is 17.2 Å². The van der Waals surface area contributed by atoms with Crippen molar-refractivity contribution >= 4 is 5.71 Å². The standard InChI is InChI=1S/C19H21NO3/c1-12-5-7-13(8-6-12)17-16-14(9-10-20-17)11-15(21-2)18(22-3)19(16)23-4/h5-8,11H,9-10H2,1-4H3. The fourth-order valence-corrected chi connectivity index (χ4v) is 2.98. The lowest BCUT2D eigenvalue weighted by molar-refractivity contribution is 0.323. The fraction of sp³-hybridized carbons (Fsp3) is 0.316. The number of fused-ring (bicyclic) bond motifs is 1. The Morgan fingerprint density at radius 2 is 1.61 bits per heavy atom. The van der Waals surface area contributed by atoms with Gasteiger partial charge in [0.25, 0.3) is 0 Å². The van der Waals surface area contributed by atoms with Crippen molar-refractivity contribution in [2.24, 2.45) is 4.99 Å². The summed E-state index contributed by atoms with van der Waals surface area (Å²) in [6.45, 7) is 2.84. The Balaban J connectivity index is 2.22. The molecule has 23 heavy (non-hydrogen) atoms. The molecule has 0 aromatic heterocycles. The molecule has 4 heteroatoms. The van der Waals surface area contributed by atoms with E-state index in [-0.39, 0.29) is 0 Å². The zero-order valence-corrected chi connectivity index (χ0v) is 14.0. The molecule has 2 aromatic rings. The van der Waals surface area contributed by atoms with E-state index in [1.807, 2.05) is 6.07 Å². The highest BCUT2D eigenvalue weighted by atomic mass is 16.5. The number of nitrogens with zero attached hydrogens (tertiary/aromatic N) is 1. The maximum absolute atomic E-state index is 5.67. The highest BCUT2D eigenvalue weighted by molar-refractivity contribution is 6.16. The van der Waals surface area contributed by atoms with E-state index in [2.05, 4.69) is 31.2 Å². The summed E-state index contributed by atoms with van der Waals surface area (Å²) in [4.78, 5) is 4.75. The van der Waals surface area contributed by atoms with E-state index in [4.69, 9.17) is 19.2 Å². The van der Waals surface area contributed by atoms with Crippen molar-refractivity contribution in [3.63, 3.8) is 0 Å². The topological polar surface area (TPSA) is 40.0 Å². The summed E-state index contributed by atoms with van der Waals surface area (Å²) in [7, 11) is 4.92. The van der Waals surface area contributed by atoms with Crippen LogP contribution in [0.15, 0.2) is 35.3 Å². The number of rotatable bonds is 4. The molecule has 0 bridgehead atoms. The van der Waals surface area contributed by atoms with Gasteiger partial charge in [0.05, 0.1) is 27.0 Å². The SMILES string of the molecule is COc1cc2c(c(OC)c1OC)C(c1ccc(C)cc1)=NCC2. The Morgan fingerprint density at radius 3 is 2.22 bits per heavy atom. The second-order valence-corrected chi connectivity index (χ2v) is 5.53. The molecule has 0 radical (unpaired) electrons. The molecule has 3 rings (SSSR count). The first-order valence-electron chi connectivity index (χ1n) is 7.63. The highest BCUT2D eigenvalue weighted by Crippen LogP contribution is 2.44. The second-order valence-electron chi connectivity index (χ2n) is 5.53. The van der Waals surface area contributed by atoms with E-state index in [1.165, 1.54) is 11.1 Å². The Morgan fingerprint density at radius 1 is 0.913 bits per heavy atom. The lowest BCUT2D eigenvalue weighted by Gasteiger charge is -2.23. The van der Waals surface area contributed by atoms with Crippen LogP contribution in [0, 0.1) is 6.92 Å². The molecule has 0 unspecified atom stereocenters. The predicted octanol–water partition coefficient (Wildman–Crippen LogP) is 3.41. The van der Waals surface area contributed by atoms with Crippen LogP contribution in [-0.4, -0.2) is 33.6 Å². The van der Waals surface area contributed by atoms with Gasteiger partial charge in [0.1, 0.15) is 0 Å². The maximum atomic E-state index is 5.67. The van der Waals surface area contributed by atoms with Crippen molar-refractivity contribution in [1.29, 1.82) is 0 Å². The number of benzene rings is 2. The average Bonchev–Trinajstić information content (AvgIpc) is 2.60. The van der Waals surface area contributed by atoms with Crippen LogP contribution < -0.4 is 14.2 Å². The number of hydrogen-bond acceptors (Lipinski definition) is 4. The molecule has 4 nitrogen and oxygen atoms in total. The molecule has 0 saturated heterocycles. The first kappa shape index (κ1) is 15.4. The fourth-order valence-electron chi connectivity index (χ4n) is 2.98. The van der Waals surface area contributed by atoms with Crippen LogP contribution in [0.1, 0.15) is 22.3 Å². The zero-order chi connectivity index (χ0) is 16.4. The normalized spacial score (nSPS) is 13.1. The molecule has 0 N–H and O–H groups in total. The van der Waals surface area contributed by atoms with Crippen LogP contribution in [0.4, 0.5) is 0 Å². The molecule has 0 saturated carbocycles. The van der Waals surface area contributed by atoms with Gasteiger partial charge in [-0.15, -0.1) is 0 Å². The van der Waals surface area contributed by atoms with Gasteiger partial charge in [-0.05, 0) is 25.0 Å². The molecule has 1 aliphatic rings. The van der Waals surface area contributed by atoms with Gasteiger partial charge in [0.2, 0.25) is 5.75 Å². The molecule has 0 aliphatic carbocycles. The smallest absolute Gasteiger partial charge is 0.203 e. The predicted molar refractivity (Wildman–Crippen MR) is 91.5 cm³/mol. The number of ether oxygens (including phenoxy) is 3. The summed E-state index contributed by atoms with van der Waals surface area (Å²) in [6, 6.07) is 10.4. The summed E-state index contributed by atoms with van der Waals surface area (Å²) in [5, 5.41) is 0. The van der Waals surface area contributed by atoms with Crippen molar-refractivity contribution in [3.8, 4) is 17.2 Å². The number of methoxy groups -OCH3 is 3. The van der Waals surface area contributed by atoms with Crippen molar-refractivity contribution in [2.45, 2.75) is 13.3 Å². The molecule has 2 aromatic carbocycles. The molecule has 120 valence electrons. The Kier molecular flexibility index (Phi) is 4.24. The summed E-state index contributed by atoms with van der Waals surface area (Å²) in [5.74, 6) is 1.98. The molecule has 0 fully saturated rings. The number of aryl methyl sites for hydroxylation is 1. The molecule has 0 amide bonds. The number of hydrogen-bond donors (Lipinski definition) is 0. The first-order chi connectivity index (χ1) is 11.2. The van der Waals surface area contributed by atoms with E-state index in [9.17, 15) is 0 Å². The summed E-state index contributed by atoms with van der Waals surface area (Å²) in [6.07, 6.45) is 0.863. The zero-order valence-electron chi connectivity index (χ0n) is 14.0. The molecule has 0 atom stereocenters. The van der Waals surface area contributed by atoms with Gasteiger partial charge in [-0.1, -0.05) is 29.8 Å². The van der Waals surface area contributed by atoms with Gasteiger partial charge in [-0.2, -0.15) is 0 Å². The van der Waals surface area contributed by atoms with Crippen LogP contribution in [-0.2, 0) is 6.42 Å². The Hall–Kier alpha value is -2.49. The van der Waals surface area contributed by atoms with Crippen molar-refractivity contribution < 1.29 is 14.2 Å². The van der Waals surface area contributed by atoms with Gasteiger partial charge in [0.15, 0.2) is 11.5 Å². The molecular formula is C19H21NO3. The minimum Gasteiger partial charge on any atom is -0.493 e. The van der Waals surface area contributed by atoms with Gasteiger partial charge in [0, 0.05) is 17.7 Å². The maximum Gasteiger partial charge on any atom is 0.203 e. The van der Waals surface area contributed by atoms with Crippen LogP contribution in [0.25, 0.3) is 0 Å². The first-order valence-corrected chi connectivity index (χ1v) is 7.63. The van der Waals surface area contributed by atoms with Crippen molar-refractivity contribution in [2.75, 3.05) is 27.9 Å². The van der Waals surface area contributed by atoms with Gasteiger partial charge in [-0.25, -0.2) is 0 Å². The van der Waals surface area contributed by atoms with Crippen molar-refractivity contribution in [1.82, 2.24) is 0 Å². The summed E-state index contributed by atoms with van der Waals surface area (Å²) >= 11 is 0. The second kappa shape index (κ2) is 6.32. The third kappa shape index (κ3) is 2.65. The van der Waals surface area contributed by atoms with E-state index in [0.29, 0.717) is 17.2 Å². The molecule has 1 aliphatic heterocycles. The lowest BCUT2D eigenvalue weighted by Crippen LogP contribution is -2.16. The third-order valence-electron chi connectivity index (χ3n) is 4.12. The van der Waals surface area contributed by atoms with Gasteiger partial charge in [-0.3, -0.25) is 4.99 Å². The van der Waals surface area contributed by atoms with Crippen LogP contribution in [0.3, 0.4) is 0 Å². The average molecular weight is 311 g/mol. The lowest BCUT2D eigenvalue weighted by atomic mass is 9.91. The van der Waals surface area contributed by atoms with E-state index in [1.54, 1.807) is 21.3 Å². The summed E-state index contributed by atoms with van der Waals surface area (Å²) < 4.78 is 16.6. The minimum atomic E-state index is 0.607. The van der Waals surface area contributed by atoms with Crippen molar-refractivity contribution in [3.05, 3.63) is 52.6 Å². The molecule has 0 spiro atoms. The highest BCUT2D eigenvalue weighted by Gasteiger charge is 2.26. The Bertz CT molecular complexity index is 748. The van der Waals surface area contributed by atoms with Gasteiger partial charge < -0.3 is 14.2 Å². The molecular weight excluding hydrogens is 290 g/mol.